The van der Waals surface area contributed by atoms with Gasteiger partial charge in [-0.15, -0.1) is 11.3 Å². The van der Waals surface area contributed by atoms with Crippen molar-refractivity contribution >= 4 is 181 Å². The van der Waals surface area contributed by atoms with Crippen LogP contribution in [0.15, 0.2) is 224 Å². The van der Waals surface area contributed by atoms with Crippen LogP contribution >= 0.6 is 11.3 Å². The van der Waals surface area contributed by atoms with Crippen molar-refractivity contribution in [1.29, 1.82) is 0 Å². The Morgan fingerprint density at radius 1 is 0.278 bits per heavy atom. The van der Waals surface area contributed by atoms with Crippen molar-refractivity contribution in [3.63, 3.8) is 0 Å². The number of thiophene rings is 1. The highest BCUT2D eigenvalue weighted by Crippen LogP contribution is 2.52. The number of para-hydroxylation sites is 1. The average Bonchev–Trinajstić information content (AvgIpc) is 4.02. The maximum absolute atomic E-state index is 2.75. The van der Waals surface area contributed by atoms with Crippen molar-refractivity contribution < 1.29 is 0 Å². The van der Waals surface area contributed by atoms with Crippen LogP contribution in [0, 0.1) is 0 Å². The molecular formula is C68H37B2NS. The highest BCUT2D eigenvalue weighted by atomic mass is 32.1. The van der Waals surface area contributed by atoms with Crippen molar-refractivity contribution in [1.82, 2.24) is 0 Å². The van der Waals surface area contributed by atoms with Crippen molar-refractivity contribution in [2.24, 2.45) is 0 Å². The summed E-state index contributed by atoms with van der Waals surface area (Å²) >= 11 is 1.97. The maximum Gasteiger partial charge on any atom is 0.249 e. The maximum atomic E-state index is 2.75. The summed E-state index contributed by atoms with van der Waals surface area (Å²) in [7, 11) is 0. The van der Waals surface area contributed by atoms with Gasteiger partial charge in [0.05, 0.1) is 5.00 Å². The zero-order valence-electron chi connectivity index (χ0n) is 38.9. The van der Waals surface area contributed by atoms with Crippen molar-refractivity contribution in [2.75, 3.05) is 4.90 Å². The van der Waals surface area contributed by atoms with Gasteiger partial charge < -0.3 is 4.90 Å². The van der Waals surface area contributed by atoms with E-state index in [4.69, 9.17) is 0 Å². The largest absolute Gasteiger partial charge is 0.304 e. The molecule has 0 bridgehead atoms. The second-order valence-electron chi connectivity index (χ2n) is 20.4. The van der Waals surface area contributed by atoms with E-state index in [9.17, 15) is 0 Å². The van der Waals surface area contributed by atoms with Gasteiger partial charge in [0.25, 0.3) is 0 Å². The minimum atomic E-state index is -0.0188. The van der Waals surface area contributed by atoms with Crippen LogP contribution in [-0.4, -0.2) is 13.4 Å². The number of hydrogen-bond donors (Lipinski definition) is 0. The molecule has 326 valence electrons. The molecule has 0 amide bonds. The lowest BCUT2D eigenvalue weighted by atomic mass is 9.31. The SMILES string of the molecule is c1cc2c3c(c1)B(c1cccc4c5ccccc5c5ccccc5c14)c1c(sc4ccccc14)N3c1cc3c4ccccc4c4ccccc4c3c3c1B2c1ccc2c4ccccc4c4ccccc4c2c1-3. The van der Waals surface area contributed by atoms with Gasteiger partial charge in [-0.25, -0.2) is 0 Å². The summed E-state index contributed by atoms with van der Waals surface area (Å²) in [6.07, 6.45) is 0. The smallest absolute Gasteiger partial charge is 0.249 e. The second-order valence-corrected chi connectivity index (χ2v) is 21.4. The highest BCUT2D eigenvalue weighted by molar-refractivity contribution is 7.27. The molecule has 0 atom stereocenters. The van der Waals surface area contributed by atoms with E-state index >= 15 is 0 Å². The van der Waals surface area contributed by atoms with Gasteiger partial charge in [-0.3, -0.25) is 0 Å². The average molecular weight is 922 g/mol. The molecule has 0 aliphatic carbocycles. The summed E-state index contributed by atoms with van der Waals surface area (Å²) in [6, 6.07) is 86.0. The molecular weight excluding hydrogens is 884 g/mol. The summed E-state index contributed by atoms with van der Waals surface area (Å²) in [6.45, 7) is 0.00369. The molecule has 3 aliphatic heterocycles. The van der Waals surface area contributed by atoms with E-state index < -0.39 is 0 Å². The minimum absolute atomic E-state index is 0.0188. The molecule has 3 aliphatic rings. The molecule has 0 N–H and O–H groups in total. The van der Waals surface area contributed by atoms with Gasteiger partial charge in [-0.1, -0.05) is 223 Å². The van der Waals surface area contributed by atoms with Crippen molar-refractivity contribution in [2.45, 2.75) is 0 Å². The van der Waals surface area contributed by atoms with Crippen molar-refractivity contribution in [3.8, 4) is 11.1 Å². The molecule has 15 aromatic rings. The van der Waals surface area contributed by atoms with Gasteiger partial charge in [0.15, 0.2) is 0 Å². The third kappa shape index (κ3) is 4.55. The number of fused-ring (bicyclic) bond motifs is 29. The lowest BCUT2D eigenvalue weighted by Gasteiger charge is -2.42. The van der Waals surface area contributed by atoms with E-state index in [-0.39, 0.29) is 13.4 Å². The molecule has 0 saturated carbocycles. The fourth-order valence-electron chi connectivity index (χ4n) is 14.6. The Bertz CT molecular complexity index is 4950. The standard InChI is InChI=1S/C68H37B2NS/c1-4-20-42-38(17-1)41-21-7-10-26-47(41)60-48(42)30-15-31-54(60)69-56-32-16-33-57-67(56)71(68-65(69)52-29-13-14-34-59(52)72-68)58-37-53-46-25-6-3-19-40(46)44-23-9-12-28-50(44)62(53)64-63-55(70(57)66(58)64)36-35-51-45-24-5-2-18-39(45)43-22-8-11-27-49(43)61(51)63/h1-37H. The topological polar surface area (TPSA) is 3.24 Å². The van der Waals surface area contributed by atoms with E-state index in [2.05, 4.69) is 229 Å². The van der Waals surface area contributed by atoms with E-state index in [0.717, 1.165) is 0 Å². The quantitative estimate of drug-likeness (QED) is 0.117. The Kier molecular flexibility index (Phi) is 7.19. The molecule has 0 radical (unpaired) electrons. The second kappa shape index (κ2) is 13.6. The Morgan fingerprint density at radius 3 is 1.22 bits per heavy atom. The van der Waals surface area contributed by atoms with Gasteiger partial charge in [-0.2, -0.15) is 0 Å². The predicted octanol–water partition coefficient (Wildman–Crippen LogP) is 14.4. The lowest BCUT2D eigenvalue weighted by Crippen LogP contribution is -2.63. The zero-order valence-corrected chi connectivity index (χ0v) is 39.7. The van der Waals surface area contributed by atoms with Crippen LogP contribution in [0.5, 0.6) is 0 Å². The number of nitrogens with zero attached hydrogens (tertiary/aromatic N) is 1. The Morgan fingerprint density at radius 2 is 0.667 bits per heavy atom. The molecule has 1 aromatic heterocycles. The Balaban J connectivity index is 1.05. The normalized spacial score (nSPS) is 13.5. The molecule has 0 spiro atoms. The van der Waals surface area contributed by atoms with Crippen LogP contribution < -0.4 is 37.7 Å². The van der Waals surface area contributed by atoms with E-state index in [1.807, 2.05) is 11.3 Å². The van der Waals surface area contributed by atoms with Crippen LogP contribution in [0.1, 0.15) is 0 Å². The molecule has 0 unspecified atom stereocenters. The van der Waals surface area contributed by atoms with Gasteiger partial charge in [-0.05, 0) is 147 Å². The predicted molar refractivity (Wildman–Crippen MR) is 315 cm³/mol. The van der Waals surface area contributed by atoms with E-state index in [1.54, 1.807) is 0 Å². The first-order valence-corrected chi connectivity index (χ1v) is 26.1. The third-order valence-corrected chi connectivity index (χ3v) is 18.4. The molecule has 72 heavy (non-hydrogen) atoms. The monoisotopic (exact) mass is 921 g/mol. The van der Waals surface area contributed by atoms with Gasteiger partial charge in [0.1, 0.15) is 0 Å². The van der Waals surface area contributed by atoms with Gasteiger partial charge >= 0.3 is 0 Å². The fraction of sp³-hybridized carbons (Fsp3) is 0. The fourth-order valence-corrected chi connectivity index (χ4v) is 15.9. The van der Waals surface area contributed by atoms with Crippen LogP contribution in [0.25, 0.3) is 118 Å². The van der Waals surface area contributed by atoms with Crippen LogP contribution in [-0.2, 0) is 0 Å². The first-order valence-electron chi connectivity index (χ1n) is 25.3. The molecule has 1 nitrogen and oxygen atoms in total. The molecule has 4 heterocycles. The summed E-state index contributed by atoms with van der Waals surface area (Å²) in [4.78, 5) is 2.75. The zero-order chi connectivity index (χ0) is 46.5. The first-order chi connectivity index (χ1) is 35.8. The van der Waals surface area contributed by atoms with Crippen molar-refractivity contribution in [3.05, 3.63) is 224 Å². The molecule has 4 heteroatoms. The summed E-state index contributed by atoms with van der Waals surface area (Å²) < 4.78 is 1.32. The summed E-state index contributed by atoms with van der Waals surface area (Å²) in [5.41, 5.74) is 13.8. The van der Waals surface area contributed by atoms with Gasteiger partial charge in [0, 0.05) is 16.1 Å². The Hall–Kier alpha value is -8.69. The van der Waals surface area contributed by atoms with E-state index in [1.165, 1.54) is 167 Å². The summed E-state index contributed by atoms with van der Waals surface area (Å²) in [5.74, 6) is 0. The molecule has 14 aromatic carbocycles. The highest BCUT2D eigenvalue weighted by Gasteiger charge is 2.50. The molecule has 0 fully saturated rings. The number of hydrogen-bond acceptors (Lipinski definition) is 2. The minimum Gasteiger partial charge on any atom is -0.304 e. The first kappa shape index (κ1) is 38.1. The molecule has 0 saturated heterocycles. The molecule has 18 rings (SSSR count). The van der Waals surface area contributed by atoms with Crippen LogP contribution in [0.4, 0.5) is 16.4 Å². The summed E-state index contributed by atoms with van der Waals surface area (Å²) in [5, 5.41) is 26.3. The number of anilines is 3. The lowest BCUT2D eigenvalue weighted by molar-refractivity contribution is 1.35. The number of rotatable bonds is 1. The third-order valence-electron chi connectivity index (χ3n) is 17.2. The van der Waals surface area contributed by atoms with Gasteiger partial charge in [0.2, 0.25) is 13.4 Å². The van der Waals surface area contributed by atoms with Crippen LogP contribution in [0.2, 0.25) is 0 Å². The van der Waals surface area contributed by atoms with Crippen LogP contribution in [0.3, 0.4) is 0 Å². The van der Waals surface area contributed by atoms with E-state index in [0.29, 0.717) is 0 Å². The number of benzene rings is 14. The Labute approximate surface area is 419 Å².